The van der Waals surface area contributed by atoms with Crippen LogP contribution in [-0.4, -0.2) is 19.6 Å². The van der Waals surface area contributed by atoms with Gasteiger partial charge in [0.05, 0.1) is 22.3 Å². The predicted molar refractivity (Wildman–Crippen MR) is 320 cm³/mol. The molecule has 0 amide bonds. The van der Waals surface area contributed by atoms with Gasteiger partial charge in [0.15, 0.2) is 0 Å². The summed E-state index contributed by atoms with van der Waals surface area (Å²) in [5.41, 5.74) is 20.0. The van der Waals surface area contributed by atoms with Crippen LogP contribution in [0.15, 0.2) is 225 Å². The van der Waals surface area contributed by atoms with Crippen molar-refractivity contribution in [2.45, 2.75) is 77.6 Å². The minimum Gasteiger partial charge on any atom is -0.507 e. The molecule has 388 valence electrons. The molecule has 12 rings (SSSR count). The third-order valence-electron chi connectivity index (χ3n) is 16.1. The molecule has 0 atom stereocenters. The number of pyridine rings is 1. The monoisotopic (exact) mass is 1190 g/mol. The molecule has 9 aromatic carbocycles. The Morgan fingerprint density at radius 2 is 1.09 bits per heavy atom. The Bertz CT molecular complexity index is 3890. The van der Waals surface area contributed by atoms with Gasteiger partial charge in [-0.15, -0.1) is 29.3 Å². The number of hydrogen-bond acceptors (Lipinski definition) is 3. The van der Waals surface area contributed by atoms with Crippen LogP contribution in [0.25, 0.3) is 95.0 Å². The molecule has 0 aliphatic heterocycles. The maximum absolute atomic E-state index is 12.9. The number of hydrogen-bond donors (Lipinski definition) is 1. The van der Waals surface area contributed by atoms with Crippen molar-refractivity contribution in [3.63, 3.8) is 0 Å². The van der Waals surface area contributed by atoms with E-state index in [1.54, 1.807) is 0 Å². The van der Waals surface area contributed by atoms with Gasteiger partial charge in [-0.1, -0.05) is 241 Å². The van der Waals surface area contributed by atoms with Gasteiger partial charge in [-0.25, -0.2) is 4.98 Å². The second-order valence-electron chi connectivity index (χ2n) is 22.6. The molecule has 2 heterocycles. The van der Waals surface area contributed by atoms with Crippen molar-refractivity contribution < 1.29 is 26.2 Å². The molecule has 5 heteroatoms. The van der Waals surface area contributed by atoms with Gasteiger partial charge in [0.25, 0.3) is 0 Å². The fourth-order valence-electron chi connectivity index (χ4n) is 11.6. The number of phenolic OH excluding ortho intramolecular Hbond substituents is 1. The van der Waals surface area contributed by atoms with Crippen LogP contribution in [0.1, 0.15) is 82.6 Å². The van der Waals surface area contributed by atoms with Crippen molar-refractivity contribution in [3.05, 3.63) is 253 Å². The Morgan fingerprint density at radius 3 is 1.76 bits per heavy atom. The molecule has 0 unspecified atom stereocenters. The Morgan fingerprint density at radius 1 is 0.500 bits per heavy atom. The van der Waals surface area contributed by atoms with E-state index < -0.39 is 0 Å². The van der Waals surface area contributed by atoms with E-state index in [9.17, 15) is 5.11 Å². The Labute approximate surface area is 474 Å². The topological polar surface area (TPSA) is 50.9 Å². The summed E-state index contributed by atoms with van der Waals surface area (Å²) in [6.07, 6.45) is 8.15. The second-order valence-corrected chi connectivity index (χ2v) is 22.6. The summed E-state index contributed by atoms with van der Waals surface area (Å²) in [5.74, 6) is 1.52. The van der Waals surface area contributed by atoms with E-state index in [4.69, 9.17) is 9.97 Å². The van der Waals surface area contributed by atoms with Crippen LogP contribution >= 0.6 is 0 Å². The van der Waals surface area contributed by atoms with Gasteiger partial charge in [0.1, 0.15) is 11.6 Å². The molecule has 1 aliphatic rings. The molecule has 1 aliphatic carbocycles. The molecule has 0 spiro atoms. The zero-order chi connectivity index (χ0) is 52.7. The average Bonchev–Trinajstić information content (AvgIpc) is 4.32. The maximum atomic E-state index is 12.9. The SMILES string of the molecule is CC(C)(C)c1cc(-c2cc(-c3ccc(C(C)(C)c4ccccc4)cc3)ccn2)[c-]c(-c2cccc3c2nc(-c2cc(-c4ccccc4)cc(-c4ccccc4)c2O)n3-c2ccc(CC3CCCC3)cc2-c2ccccc2)c1.[Pt]. The molecule has 11 aromatic rings. The third kappa shape index (κ3) is 10.3. The number of imidazole rings is 1. The second kappa shape index (κ2) is 21.8. The van der Waals surface area contributed by atoms with Crippen LogP contribution in [0.4, 0.5) is 0 Å². The van der Waals surface area contributed by atoms with Gasteiger partial charge in [-0.05, 0) is 104 Å². The van der Waals surface area contributed by atoms with Crippen LogP contribution in [0.5, 0.6) is 5.75 Å². The molecular formula is C73H64N3OPt-. The summed E-state index contributed by atoms with van der Waals surface area (Å²) in [7, 11) is 0. The van der Waals surface area contributed by atoms with Gasteiger partial charge in [-0.3, -0.25) is 9.55 Å². The Hall–Kier alpha value is -7.91. The molecule has 78 heavy (non-hydrogen) atoms. The number of aromatic hydroxyl groups is 1. The van der Waals surface area contributed by atoms with E-state index in [0.29, 0.717) is 17.3 Å². The van der Waals surface area contributed by atoms with Crippen molar-refractivity contribution in [1.29, 1.82) is 0 Å². The minimum atomic E-state index is -0.196. The molecule has 2 aromatic heterocycles. The van der Waals surface area contributed by atoms with E-state index in [-0.39, 0.29) is 37.6 Å². The first-order valence-corrected chi connectivity index (χ1v) is 27.4. The number of phenols is 1. The van der Waals surface area contributed by atoms with Crippen LogP contribution in [0.3, 0.4) is 0 Å². The Kier molecular flexibility index (Phi) is 14.6. The summed E-state index contributed by atoms with van der Waals surface area (Å²) >= 11 is 0. The summed E-state index contributed by atoms with van der Waals surface area (Å²) in [5, 5.41) is 12.9. The first-order valence-electron chi connectivity index (χ1n) is 27.4. The number of rotatable bonds is 12. The average molecular weight is 1190 g/mol. The van der Waals surface area contributed by atoms with Gasteiger partial charge in [0.2, 0.25) is 0 Å². The van der Waals surface area contributed by atoms with Crippen LogP contribution < -0.4 is 0 Å². The maximum Gasteiger partial charge on any atom is 0.148 e. The fraction of sp³-hybridized carbons (Fsp3) is 0.178. The molecule has 0 saturated heterocycles. The van der Waals surface area contributed by atoms with Crippen molar-refractivity contribution in [3.8, 4) is 89.7 Å². The van der Waals surface area contributed by atoms with E-state index in [2.05, 4.69) is 239 Å². The number of benzene rings is 9. The molecule has 1 saturated carbocycles. The third-order valence-corrected chi connectivity index (χ3v) is 16.1. The number of aromatic nitrogens is 3. The zero-order valence-electron chi connectivity index (χ0n) is 45.1. The number of para-hydroxylation sites is 1. The normalized spacial score (nSPS) is 12.9. The van der Waals surface area contributed by atoms with E-state index >= 15 is 0 Å². The van der Waals surface area contributed by atoms with E-state index in [1.165, 1.54) is 47.9 Å². The predicted octanol–water partition coefficient (Wildman–Crippen LogP) is 18.9. The van der Waals surface area contributed by atoms with Gasteiger partial charge in [-0.2, -0.15) is 0 Å². The number of fused-ring (bicyclic) bond motifs is 1. The summed E-state index contributed by atoms with van der Waals surface area (Å²) in [6.45, 7) is 11.4. The first-order chi connectivity index (χ1) is 37.5. The molecule has 4 nitrogen and oxygen atoms in total. The summed E-state index contributed by atoms with van der Waals surface area (Å²) in [6, 6.07) is 81.6. The quantitative estimate of drug-likeness (QED) is 0.124. The largest absolute Gasteiger partial charge is 0.507 e. The molecule has 0 radical (unpaired) electrons. The van der Waals surface area contributed by atoms with Crippen LogP contribution in [-0.2, 0) is 38.3 Å². The standard InChI is InChI=1S/C73H64N3O.Pt/c1-72(2,3)61-44-57(43-58(45-61)66-48-55(39-40-74-66)52-34-36-60(37-35-52)73(4,5)59-29-16-9-17-30-59)62-31-20-32-68-69(62)75-71(65-47-56(51-23-10-6-11-24-51)46-64(70(65)77)54-27-14-8-15-28-54)76(68)67-38-33-50(41-49-21-18-19-22-49)42-63(67)53-25-12-7-13-26-53;/h6-17,20,23-40,42,44-49,77H,18-19,21-22,41H2,1-5H3;/q-1;. The first kappa shape index (κ1) is 52.2. The van der Waals surface area contributed by atoms with E-state index in [1.807, 2.05) is 30.5 Å². The van der Waals surface area contributed by atoms with Crippen LogP contribution in [0, 0.1) is 12.0 Å². The van der Waals surface area contributed by atoms with Gasteiger partial charge >= 0.3 is 0 Å². The summed E-state index contributed by atoms with van der Waals surface area (Å²) in [4.78, 5) is 10.8. The Balaban J connectivity index is 0.00000645. The zero-order valence-corrected chi connectivity index (χ0v) is 47.4. The van der Waals surface area contributed by atoms with Gasteiger partial charge in [0, 0.05) is 49.5 Å². The van der Waals surface area contributed by atoms with Gasteiger partial charge < -0.3 is 5.11 Å². The van der Waals surface area contributed by atoms with Crippen molar-refractivity contribution in [1.82, 2.24) is 14.5 Å². The van der Waals surface area contributed by atoms with Crippen molar-refractivity contribution in [2.75, 3.05) is 0 Å². The van der Waals surface area contributed by atoms with Crippen LogP contribution in [0.2, 0.25) is 0 Å². The molecular weight excluding hydrogens is 1130 g/mol. The molecule has 1 N–H and O–H groups in total. The van der Waals surface area contributed by atoms with Crippen molar-refractivity contribution in [2.24, 2.45) is 5.92 Å². The summed E-state index contributed by atoms with van der Waals surface area (Å²) < 4.78 is 2.30. The van der Waals surface area contributed by atoms with E-state index in [0.717, 1.165) is 90.0 Å². The molecule has 1 fully saturated rings. The smallest absolute Gasteiger partial charge is 0.148 e. The fourth-order valence-corrected chi connectivity index (χ4v) is 11.6. The molecule has 0 bridgehead atoms. The minimum absolute atomic E-state index is 0. The number of nitrogens with zero attached hydrogens (tertiary/aromatic N) is 3. The van der Waals surface area contributed by atoms with Crippen molar-refractivity contribution >= 4 is 11.0 Å².